The lowest BCUT2D eigenvalue weighted by molar-refractivity contribution is 0.627. The molecule has 3 aromatic rings. The van der Waals surface area contributed by atoms with Crippen LogP contribution in [0.4, 0.5) is 0 Å². The van der Waals surface area contributed by atoms with Crippen LogP contribution in [0.15, 0.2) is 36.4 Å². The fraction of sp³-hybridized carbons (Fsp3) is 0.368. The second-order valence-electron chi connectivity index (χ2n) is 5.90. The first-order valence-corrected chi connectivity index (χ1v) is 7.70. The normalized spacial score (nSPS) is 11.6. The van der Waals surface area contributed by atoms with Crippen LogP contribution in [0.1, 0.15) is 37.3 Å². The average Bonchev–Trinajstić information content (AvgIpc) is 2.72. The molecule has 0 saturated carbocycles. The molecule has 0 unspecified atom stereocenters. The van der Waals surface area contributed by atoms with Gasteiger partial charge in [-0.2, -0.15) is 0 Å². The molecule has 104 valence electrons. The fourth-order valence-electron chi connectivity index (χ4n) is 3.09. The van der Waals surface area contributed by atoms with Gasteiger partial charge in [-0.25, -0.2) is 0 Å². The summed E-state index contributed by atoms with van der Waals surface area (Å²) in [6, 6.07) is 13.7. The molecule has 0 atom stereocenters. The Hall–Kier alpha value is -1.76. The van der Waals surface area contributed by atoms with Crippen molar-refractivity contribution in [1.29, 1.82) is 0 Å². The maximum absolute atomic E-state index is 2.50. The van der Waals surface area contributed by atoms with Gasteiger partial charge in [-0.3, -0.25) is 0 Å². The minimum absolute atomic E-state index is 1.12. The van der Waals surface area contributed by atoms with E-state index >= 15 is 0 Å². The molecule has 0 bridgehead atoms. The molecule has 0 amide bonds. The summed E-state index contributed by atoms with van der Waals surface area (Å²) in [5.41, 5.74) is 5.44. The molecule has 0 spiro atoms. The molecule has 1 heteroatoms. The van der Waals surface area contributed by atoms with Crippen LogP contribution < -0.4 is 0 Å². The number of aryl methyl sites for hydroxylation is 3. The van der Waals surface area contributed by atoms with Crippen molar-refractivity contribution >= 4 is 21.8 Å². The van der Waals surface area contributed by atoms with E-state index in [1.165, 1.54) is 52.2 Å². The van der Waals surface area contributed by atoms with Gasteiger partial charge in [-0.05, 0) is 44.5 Å². The molecule has 20 heavy (non-hydrogen) atoms. The second kappa shape index (κ2) is 5.32. The SMILES string of the molecule is CCCCCn1c2ccc(C)cc2c2cc(C)ccc21. The van der Waals surface area contributed by atoms with Gasteiger partial charge in [-0.1, -0.05) is 43.0 Å². The summed E-state index contributed by atoms with van der Waals surface area (Å²) in [5.74, 6) is 0. The van der Waals surface area contributed by atoms with Crippen LogP contribution >= 0.6 is 0 Å². The first-order valence-electron chi connectivity index (χ1n) is 7.70. The maximum atomic E-state index is 2.50. The molecule has 0 N–H and O–H groups in total. The van der Waals surface area contributed by atoms with Crippen molar-refractivity contribution in [2.45, 2.75) is 46.6 Å². The highest BCUT2D eigenvalue weighted by molar-refractivity contribution is 6.08. The summed E-state index contributed by atoms with van der Waals surface area (Å²) in [4.78, 5) is 0. The van der Waals surface area contributed by atoms with Crippen molar-refractivity contribution < 1.29 is 0 Å². The van der Waals surface area contributed by atoms with E-state index in [4.69, 9.17) is 0 Å². The van der Waals surface area contributed by atoms with E-state index in [-0.39, 0.29) is 0 Å². The van der Waals surface area contributed by atoms with Gasteiger partial charge in [0, 0.05) is 28.4 Å². The molecule has 0 aliphatic carbocycles. The fourth-order valence-corrected chi connectivity index (χ4v) is 3.09. The lowest BCUT2D eigenvalue weighted by atomic mass is 10.1. The number of unbranched alkanes of at least 4 members (excludes halogenated alkanes) is 2. The van der Waals surface area contributed by atoms with E-state index in [1.54, 1.807) is 0 Å². The quantitative estimate of drug-likeness (QED) is 0.541. The third kappa shape index (κ3) is 2.22. The zero-order valence-electron chi connectivity index (χ0n) is 12.7. The summed E-state index contributed by atoms with van der Waals surface area (Å²) in [6.45, 7) is 7.74. The Morgan fingerprint density at radius 3 is 1.85 bits per heavy atom. The lowest BCUT2D eigenvalue weighted by Gasteiger charge is -2.07. The number of fused-ring (bicyclic) bond motifs is 3. The molecule has 1 aromatic heterocycles. The van der Waals surface area contributed by atoms with Gasteiger partial charge in [0.2, 0.25) is 0 Å². The molecular formula is C19H23N. The number of benzene rings is 2. The molecule has 0 aliphatic rings. The average molecular weight is 265 g/mol. The number of hydrogen-bond donors (Lipinski definition) is 0. The van der Waals surface area contributed by atoms with E-state index in [2.05, 4.69) is 61.7 Å². The van der Waals surface area contributed by atoms with Crippen molar-refractivity contribution in [2.24, 2.45) is 0 Å². The van der Waals surface area contributed by atoms with Gasteiger partial charge in [0.1, 0.15) is 0 Å². The van der Waals surface area contributed by atoms with Crippen LogP contribution in [0.25, 0.3) is 21.8 Å². The first kappa shape index (κ1) is 13.2. The summed E-state index contributed by atoms with van der Waals surface area (Å²) >= 11 is 0. The monoisotopic (exact) mass is 265 g/mol. The highest BCUT2D eigenvalue weighted by atomic mass is 15.0. The standard InChI is InChI=1S/C19H23N/c1-4-5-6-11-20-18-9-7-14(2)12-16(18)17-13-15(3)8-10-19(17)20/h7-10,12-13H,4-6,11H2,1-3H3. The summed E-state index contributed by atoms with van der Waals surface area (Å²) < 4.78 is 2.50. The summed E-state index contributed by atoms with van der Waals surface area (Å²) in [6.07, 6.45) is 3.84. The lowest BCUT2D eigenvalue weighted by Crippen LogP contribution is -1.97. The number of nitrogens with zero attached hydrogens (tertiary/aromatic N) is 1. The van der Waals surface area contributed by atoms with Crippen LogP contribution in [-0.4, -0.2) is 4.57 Å². The summed E-state index contributed by atoms with van der Waals surface area (Å²) in [7, 11) is 0. The predicted octanol–water partition coefficient (Wildman–Crippen LogP) is 5.60. The Morgan fingerprint density at radius 1 is 0.800 bits per heavy atom. The maximum Gasteiger partial charge on any atom is 0.0491 e. The Morgan fingerprint density at radius 2 is 1.35 bits per heavy atom. The molecule has 3 rings (SSSR count). The van der Waals surface area contributed by atoms with Gasteiger partial charge in [0.25, 0.3) is 0 Å². The first-order chi connectivity index (χ1) is 9.70. The summed E-state index contributed by atoms with van der Waals surface area (Å²) in [5, 5.41) is 2.81. The topological polar surface area (TPSA) is 4.93 Å². The Bertz CT molecular complexity index is 690. The smallest absolute Gasteiger partial charge is 0.0491 e. The molecule has 0 radical (unpaired) electrons. The van der Waals surface area contributed by atoms with E-state index < -0.39 is 0 Å². The number of hydrogen-bond acceptors (Lipinski definition) is 0. The highest BCUT2D eigenvalue weighted by Crippen LogP contribution is 2.30. The van der Waals surface area contributed by atoms with E-state index in [0.717, 1.165) is 6.54 Å². The number of rotatable bonds is 4. The van der Waals surface area contributed by atoms with Gasteiger partial charge in [0.05, 0.1) is 0 Å². The van der Waals surface area contributed by atoms with Gasteiger partial charge in [-0.15, -0.1) is 0 Å². The molecule has 0 saturated heterocycles. The third-order valence-electron chi connectivity index (χ3n) is 4.16. The van der Waals surface area contributed by atoms with Crippen molar-refractivity contribution in [3.63, 3.8) is 0 Å². The Kier molecular flexibility index (Phi) is 3.52. The minimum Gasteiger partial charge on any atom is -0.340 e. The molecule has 1 nitrogen and oxygen atoms in total. The molecule has 1 heterocycles. The third-order valence-corrected chi connectivity index (χ3v) is 4.16. The predicted molar refractivity (Wildman–Crippen MR) is 88.4 cm³/mol. The largest absolute Gasteiger partial charge is 0.340 e. The van der Waals surface area contributed by atoms with Gasteiger partial charge < -0.3 is 4.57 Å². The number of aromatic nitrogens is 1. The van der Waals surface area contributed by atoms with Crippen molar-refractivity contribution in [3.8, 4) is 0 Å². The minimum atomic E-state index is 1.12. The highest BCUT2D eigenvalue weighted by Gasteiger charge is 2.10. The Balaban J connectivity index is 2.23. The van der Waals surface area contributed by atoms with E-state index in [9.17, 15) is 0 Å². The second-order valence-corrected chi connectivity index (χ2v) is 5.90. The van der Waals surface area contributed by atoms with Crippen molar-refractivity contribution in [3.05, 3.63) is 47.5 Å². The van der Waals surface area contributed by atoms with Crippen LogP contribution in [0.3, 0.4) is 0 Å². The van der Waals surface area contributed by atoms with Crippen molar-refractivity contribution in [1.82, 2.24) is 4.57 Å². The van der Waals surface area contributed by atoms with Crippen LogP contribution in [0.5, 0.6) is 0 Å². The van der Waals surface area contributed by atoms with E-state index in [0.29, 0.717) is 0 Å². The Labute approximate surface area is 121 Å². The molecule has 0 fully saturated rings. The zero-order valence-corrected chi connectivity index (χ0v) is 12.7. The zero-order chi connectivity index (χ0) is 14.1. The molecule has 2 aromatic carbocycles. The van der Waals surface area contributed by atoms with Gasteiger partial charge >= 0.3 is 0 Å². The van der Waals surface area contributed by atoms with Crippen LogP contribution in [0, 0.1) is 13.8 Å². The molecule has 0 aliphatic heterocycles. The van der Waals surface area contributed by atoms with E-state index in [1.807, 2.05) is 0 Å². The van der Waals surface area contributed by atoms with Crippen LogP contribution in [-0.2, 0) is 6.54 Å². The van der Waals surface area contributed by atoms with Crippen molar-refractivity contribution in [2.75, 3.05) is 0 Å². The van der Waals surface area contributed by atoms with Crippen LogP contribution in [0.2, 0.25) is 0 Å². The molecular weight excluding hydrogens is 242 g/mol. The van der Waals surface area contributed by atoms with Gasteiger partial charge in [0.15, 0.2) is 0 Å².